The van der Waals surface area contributed by atoms with Crippen LogP contribution >= 0.6 is 15.9 Å². The van der Waals surface area contributed by atoms with Gasteiger partial charge in [-0.2, -0.15) is 0 Å². The summed E-state index contributed by atoms with van der Waals surface area (Å²) in [5, 5.41) is 2.03. The van der Waals surface area contributed by atoms with E-state index < -0.39 is 0 Å². The van der Waals surface area contributed by atoms with Gasteiger partial charge in [0.2, 0.25) is 0 Å². The minimum absolute atomic E-state index is 0.167. The van der Waals surface area contributed by atoms with Crippen LogP contribution in [0.3, 0.4) is 0 Å². The molecule has 3 heterocycles. The smallest absolute Gasteiger partial charge is 0.282 e. The average Bonchev–Trinajstić information content (AvgIpc) is 3.05. The van der Waals surface area contributed by atoms with E-state index in [0.717, 1.165) is 34.2 Å². The fraction of sp³-hybridized carbons (Fsp3) is 0.278. The molecule has 4 rings (SSSR count). The second-order valence-electron chi connectivity index (χ2n) is 6.05. The molecular weight excluding hydrogens is 368 g/mol. The number of benzene rings is 1. The van der Waals surface area contributed by atoms with Crippen LogP contribution in [0.4, 0.5) is 5.82 Å². The fourth-order valence-corrected chi connectivity index (χ4v) is 3.46. The molecule has 6 heteroatoms. The number of fused-ring (bicyclic) bond motifs is 1. The Kier molecular flexibility index (Phi) is 4.06. The molecule has 0 radical (unpaired) electrons. The summed E-state index contributed by atoms with van der Waals surface area (Å²) in [5.41, 5.74) is 0.357. The fourth-order valence-electron chi connectivity index (χ4n) is 3.08. The van der Waals surface area contributed by atoms with Crippen LogP contribution in [0.1, 0.15) is 29.8 Å². The van der Waals surface area contributed by atoms with Gasteiger partial charge in [-0.1, -0.05) is 22.0 Å². The number of halogens is 1. The molecule has 1 aliphatic rings. The molecule has 0 amide bonds. The predicted octanol–water partition coefficient (Wildman–Crippen LogP) is 3.87. The van der Waals surface area contributed by atoms with Gasteiger partial charge in [0.1, 0.15) is 11.5 Å². The third-order valence-electron chi connectivity index (χ3n) is 4.38. The van der Waals surface area contributed by atoms with Crippen molar-refractivity contribution in [3.05, 3.63) is 53.2 Å². The number of rotatable bonds is 2. The van der Waals surface area contributed by atoms with Crippen LogP contribution in [-0.2, 0) is 0 Å². The lowest BCUT2D eigenvalue weighted by molar-refractivity contribution is 0.0955. The maximum atomic E-state index is 12.6. The number of piperidine rings is 1. The van der Waals surface area contributed by atoms with E-state index in [0.29, 0.717) is 5.69 Å². The normalized spacial score (nSPS) is 15.0. The van der Waals surface area contributed by atoms with Crippen LogP contribution in [0, 0.1) is 0 Å². The van der Waals surface area contributed by atoms with Crippen molar-refractivity contribution in [1.82, 2.24) is 14.5 Å². The lowest BCUT2D eigenvalue weighted by Crippen LogP contribution is -2.30. The first kappa shape index (κ1) is 15.3. The summed E-state index contributed by atoms with van der Waals surface area (Å²) >= 11 is 3.45. The van der Waals surface area contributed by atoms with Crippen molar-refractivity contribution in [2.45, 2.75) is 19.3 Å². The van der Waals surface area contributed by atoms with E-state index in [1.54, 1.807) is 17.0 Å². The third kappa shape index (κ3) is 2.94. The van der Waals surface area contributed by atoms with Gasteiger partial charge in [-0.3, -0.25) is 9.36 Å². The van der Waals surface area contributed by atoms with Crippen molar-refractivity contribution in [3.63, 3.8) is 0 Å². The summed E-state index contributed by atoms with van der Waals surface area (Å²) in [5.74, 6) is 0.688. The lowest BCUT2D eigenvalue weighted by atomic mass is 10.1. The zero-order chi connectivity index (χ0) is 16.5. The minimum Gasteiger partial charge on any atom is -0.355 e. The third-order valence-corrected chi connectivity index (χ3v) is 4.87. The molecule has 1 saturated heterocycles. The zero-order valence-corrected chi connectivity index (χ0v) is 14.7. The van der Waals surface area contributed by atoms with Gasteiger partial charge in [-0.15, -0.1) is 0 Å². The van der Waals surface area contributed by atoms with Crippen LogP contribution in [0.2, 0.25) is 0 Å². The molecule has 24 heavy (non-hydrogen) atoms. The van der Waals surface area contributed by atoms with Gasteiger partial charge in [-0.25, -0.2) is 9.97 Å². The van der Waals surface area contributed by atoms with Gasteiger partial charge >= 0.3 is 0 Å². The Hall–Kier alpha value is -2.21. The van der Waals surface area contributed by atoms with Gasteiger partial charge < -0.3 is 4.90 Å². The van der Waals surface area contributed by atoms with Crippen molar-refractivity contribution in [2.24, 2.45) is 0 Å². The summed E-state index contributed by atoms with van der Waals surface area (Å²) < 4.78 is 2.56. The maximum Gasteiger partial charge on any atom is 0.282 e. The molecule has 2 aromatic heterocycles. The van der Waals surface area contributed by atoms with Crippen LogP contribution in [-0.4, -0.2) is 33.5 Å². The second-order valence-corrected chi connectivity index (χ2v) is 6.97. The molecule has 5 nitrogen and oxygen atoms in total. The molecule has 0 saturated carbocycles. The number of carbonyl (C=O) groups excluding carboxylic acids is 1. The highest BCUT2D eigenvalue weighted by atomic mass is 79.9. The number of hydrogen-bond acceptors (Lipinski definition) is 4. The summed E-state index contributed by atoms with van der Waals surface area (Å²) in [6, 6.07) is 5.93. The van der Waals surface area contributed by atoms with E-state index in [1.165, 1.54) is 19.3 Å². The van der Waals surface area contributed by atoms with E-state index >= 15 is 0 Å². The Morgan fingerprint density at radius 2 is 1.79 bits per heavy atom. The first-order valence-corrected chi connectivity index (χ1v) is 8.89. The highest BCUT2D eigenvalue weighted by Gasteiger charge is 2.15. The lowest BCUT2D eigenvalue weighted by Gasteiger charge is -2.27. The molecule has 0 unspecified atom stereocenters. The topological polar surface area (TPSA) is 51.0 Å². The molecule has 1 aliphatic heterocycles. The number of hydrogen-bond donors (Lipinski definition) is 0. The molecule has 0 N–H and O–H groups in total. The van der Waals surface area contributed by atoms with E-state index in [1.807, 2.05) is 30.6 Å². The van der Waals surface area contributed by atoms with Crippen LogP contribution in [0.25, 0.3) is 10.8 Å². The summed E-state index contributed by atoms with van der Waals surface area (Å²) in [6.45, 7) is 2.03. The minimum atomic E-state index is -0.167. The van der Waals surface area contributed by atoms with E-state index in [4.69, 9.17) is 0 Å². The van der Waals surface area contributed by atoms with Gasteiger partial charge in [0.25, 0.3) is 5.91 Å². The van der Waals surface area contributed by atoms with E-state index in [9.17, 15) is 4.79 Å². The van der Waals surface area contributed by atoms with E-state index in [-0.39, 0.29) is 5.91 Å². The average molecular weight is 385 g/mol. The van der Waals surface area contributed by atoms with Crippen molar-refractivity contribution in [3.8, 4) is 0 Å². The molecule has 0 atom stereocenters. The Labute approximate surface area is 148 Å². The molecule has 0 spiro atoms. The van der Waals surface area contributed by atoms with Crippen LogP contribution in [0.15, 0.2) is 47.5 Å². The summed E-state index contributed by atoms with van der Waals surface area (Å²) in [6.07, 6.45) is 10.6. The molecule has 0 bridgehead atoms. The summed E-state index contributed by atoms with van der Waals surface area (Å²) in [7, 11) is 0. The van der Waals surface area contributed by atoms with Crippen molar-refractivity contribution >= 4 is 38.4 Å². The van der Waals surface area contributed by atoms with Crippen molar-refractivity contribution in [2.75, 3.05) is 18.0 Å². The Morgan fingerprint density at radius 1 is 1.00 bits per heavy atom. The van der Waals surface area contributed by atoms with Crippen LogP contribution < -0.4 is 4.90 Å². The zero-order valence-electron chi connectivity index (χ0n) is 13.2. The number of carbonyl (C=O) groups is 1. The number of anilines is 1. The first-order chi connectivity index (χ1) is 11.7. The SMILES string of the molecule is O=C(c1cnc(N2CCCCC2)cn1)n1cc2ccc(Br)cc2c1. The monoisotopic (exact) mass is 384 g/mol. The van der Waals surface area contributed by atoms with E-state index in [2.05, 4.69) is 30.8 Å². The Bertz CT molecular complexity index is 882. The van der Waals surface area contributed by atoms with Gasteiger partial charge in [0, 0.05) is 35.3 Å². The standard InChI is InChI=1S/C18H17BrN4O/c19-15-5-4-13-11-23(12-14(13)8-15)18(24)16-9-21-17(10-20-16)22-6-2-1-3-7-22/h4-5,8-12H,1-3,6-7H2. The Balaban J connectivity index is 1.58. The van der Waals surface area contributed by atoms with Gasteiger partial charge in [-0.05, 0) is 36.8 Å². The quantitative estimate of drug-likeness (QED) is 0.672. The molecule has 122 valence electrons. The van der Waals surface area contributed by atoms with Crippen LogP contribution in [0.5, 0.6) is 0 Å². The molecule has 1 fully saturated rings. The Morgan fingerprint density at radius 3 is 2.54 bits per heavy atom. The van der Waals surface area contributed by atoms with Gasteiger partial charge in [0.05, 0.1) is 12.4 Å². The molecule has 0 aliphatic carbocycles. The molecular formula is C18H17BrN4O. The number of aromatic nitrogens is 3. The largest absolute Gasteiger partial charge is 0.355 e. The predicted molar refractivity (Wildman–Crippen MR) is 97.5 cm³/mol. The van der Waals surface area contributed by atoms with Crippen molar-refractivity contribution < 1.29 is 4.79 Å². The highest BCUT2D eigenvalue weighted by Crippen LogP contribution is 2.21. The molecule has 1 aromatic carbocycles. The first-order valence-electron chi connectivity index (χ1n) is 8.10. The van der Waals surface area contributed by atoms with Gasteiger partial charge in [0.15, 0.2) is 0 Å². The summed E-state index contributed by atoms with van der Waals surface area (Å²) in [4.78, 5) is 23.6. The molecule has 3 aromatic rings. The van der Waals surface area contributed by atoms with Crippen molar-refractivity contribution in [1.29, 1.82) is 0 Å². The second kappa shape index (κ2) is 6.36. The number of nitrogens with zero attached hydrogens (tertiary/aromatic N) is 4. The maximum absolute atomic E-state index is 12.6. The highest BCUT2D eigenvalue weighted by molar-refractivity contribution is 9.10.